The van der Waals surface area contributed by atoms with Gasteiger partial charge in [-0.1, -0.05) is 6.92 Å². The second kappa shape index (κ2) is 4.92. The number of esters is 1. The molecule has 0 aliphatic carbocycles. The summed E-state index contributed by atoms with van der Waals surface area (Å²) in [5.74, 6) is -1.19. The van der Waals surface area contributed by atoms with Gasteiger partial charge in [0.25, 0.3) is 11.8 Å². The number of imide groups is 1. The molecule has 1 rings (SSSR count). The summed E-state index contributed by atoms with van der Waals surface area (Å²) < 4.78 is 5.04. The molecule has 0 radical (unpaired) electrons. The summed E-state index contributed by atoms with van der Waals surface area (Å²) in [6, 6.07) is 0. The van der Waals surface area contributed by atoms with E-state index in [9.17, 15) is 14.4 Å². The van der Waals surface area contributed by atoms with Crippen molar-refractivity contribution >= 4 is 17.8 Å². The standard InChI is InChI=1S/C13H19NO4/c1-6-13(4,5)12(17)18-7-14-10(15)8(2)9(3)11(14)16/h6-7H2,1-5H3. The van der Waals surface area contributed by atoms with Gasteiger partial charge in [-0.15, -0.1) is 0 Å². The van der Waals surface area contributed by atoms with E-state index in [1.807, 2.05) is 6.92 Å². The number of ether oxygens (including phenoxy) is 1. The molecule has 1 aliphatic rings. The van der Waals surface area contributed by atoms with Gasteiger partial charge in [0.2, 0.25) is 0 Å². The van der Waals surface area contributed by atoms with Crippen LogP contribution in [0.5, 0.6) is 0 Å². The van der Waals surface area contributed by atoms with Gasteiger partial charge in [0.1, 0.15) is 0 Å². The van der Waals surface area contributed by atoms with Crippen molar-refractivity contribution in [3.8, 4) is 0 Å². The zero-order chi connectivity index (χ0) is 14.1. The van der Waals surface area contributed by atoms with Crippen LogP contribution < -0.4 is 0 Å². The van der Waals surface area contributed by atoms with Crippen molar-refractivity contribution < 1.29 is 19.1 Å². The zero-order valence-electron chi connectivity index (χ0n) is 11.5. The van der Waals surface area contributed by atoms with Gasteiger partial charge < -0.3 is 4.74 Å². The lowest BCUT2D eigenvalue weighted by atomic mass is 9.91. The van der Waals surface area contributed by atoms with Crippen LogP contribution >= 0.6 is 0 Å². The van der Waals surface area contributed by atoms with Crippen LogP contribution in [0.15, 0.2) is 11.1 Å². The van der Waals surface area contributed by atoms with Crippen LogP contribution in [0.25, 0.3) is 0 Å². The lowest BCUT2D eigenvalue weighted by Gasteiger charge is -2.22. The van der Waals surface area contributed by atoms with Gasteiger partial charge in [-0.25, -0.2) is 4.90 Å². The molecule has 0 fully saturated rings. The van der Waals surface area contributed by atoms with Crippen LogP contribution in [0.2, 0.25) is 0 Å². The minimum absolute atomic E-state index is 0.311. The zero-order valence-corrected chi connectivity index (χ0v) is 11.5. The van der Waals surface area contributed by atoms with E-state index in [-0.39, 0.29) is 18.5 Å². The molecule has 18 heavy (non-hydrogen) atoms. The number of hydrogen-bond donors (Lipinski definition) is 0. The molecule has 0 aromatic carbocycles. The SMILES string of the molecule is CCC(C)(C)C(=O)OCN1C(=O)C(C)=C(C)C1=O. The molecule has 1 aliphatic heterocycles. The first-order valence-corrected chi connectivity index (χ1v) is 5.93. The molecule has 0 bridgehead atoms. The van der Waals surface area contributed by atoms with E-state index in [4.69, 9.17) is 4.74 Å². The van der Waals surface area contributed by atoms with Gasteiger partial charge in [0.15, 0.2) is 6.73 Å². The van der Waals surface area contributed by atoms with Crippen molar-refractivity contribution in [2.45, 2.75) is 41.0 Å². The van der Waals surface area contributed by atoms with Crippen LogP contribution in [0.4, 0.5) is 0 Å². The minimum Gasteiger partial charge on any atom is -0.443 e. The van der Waals surface area contributed by atoms with Crippen molar-refractivity contribution in [3.63, 3.8) is 0 Å². The highest BCUT2D eigenvalue weighted by Crippen LogP contribution is 2.23. The molecule has 0 unspecified atom stereocenters. The number of carbonyl (C=O) groups is 3. The fourth-order valence-electron chi connectivity index (χ4n) is 1.40. The highest BCUT2D eigenvalue weighted by Gasteiger charge is 2.35. The second-order valence-electron chi connectivity index (χ2n) is 5.09. The summed E-state index contributed by atoms with van der Waals surface area (Å²) in [5.41, 5.74) is 0.208. The molecule has 0 saturated heterocycles. The van der Waals surface area contributed by atoms with Crippen LogP contribution in [0, 0.1) is 5.41 Å². The Morgan fingerprint density at radius 3 is 2.00 bits per heavy atom. The van der Waals surface area contributed by atoms with Crippen molar-refractivity contribution in [2.75, 3.05) is 6.73 Å². The number of amides is 2. The Balaban J connectivity index is 2.65. The maximum atomic E-state index is 11.7. The summed E-state index contributed by atoms with van der Waals surface area (Å²) in [7, 11) is 0. The number of hydrogen-bond acceptors (Lipinski definition) is 4. The summed E-state index contributed by atoms with van der Waals surface area (Å²) in [4.78, 5) is 36.1. The highest BCUT2D eigenvalue weighted by atomic mass is 16.5. The van der Waals surface area contributed by atoms with E-state index in [1.165, 1.54) is 0 Å². The number of rotatable bonds is 4. The molecule has 0 saturated carbocycles. The Morgan fingerprint density at radius 2 is 1.61 bits per heavy atom. The number of nitrogens with zero attached hydrogens (tertiary/aromatic N) is 1. The molecule has 1 heterocycles. The first kappa shape index (κ1) is 14.4. The Morgan fingerprint density at radius 1 is 1.17 bits per heavy atom. The van der Waals surface area contributed by atoms with Crippen molar-refractivity contribution in [2.24, 2.45) is 5.41 Å². The summed E-state index contributed by atoms with van der Waals surface area (Å²) in [6.45, 7) is 8.27. The Bertz CT molecular complexity index is 410. The molecule has 0 aromatic rings. The average molecular weight is 253 g/mol. The van der Waals surface area contributed by atoms with E-state index in [1.54, 1.807) is 27.7 Å². The lowest BCUT2D eigenvalue weighted by molar-refractivity contribution is -0.162. The van der Waals surface area contributed by atoms with E-state index in [0.717, 1.165) is 4.90 Å². The molecule has 5 nitrogen and oxygen atoms in total. The minimum atomic E-state index is -0.608. The molecule has 0 atom stereocenters. The van der Waals surface area contributed by atoms with Crippen LogP contribution in [-0.4, -0.2) is 29.4 Å². The summed E-state index contributed by atoms with van der Waals surface area (Å²) >= 11 is 0. The van der Waals surface area contributed by atoms with Gasteiger partial charge in [0, 0.05) is 11.1 Å². The topological polar surface area (TPSA) is 63.7 Å². The fraction of sp³-hybridized carbons (Fsp3) is 0.615. The Labute approximate surface area is 107 Å². The van der Waals surface area contributed by atoms with Crippen LogP contribution in [0.3, 0.4) is 0 Å². The second-order valence-corrected chi connectivity index (χ2v) is 5.09. The molecule has 0 aromatic heterocycles. The average Bonchev–Trinajstić information content (AvgIpc) is 2.52. The third kappa shape index (κ3) is 2.44. The molecule has 0 N–H and O–H groups in total. The van der Waals surface area contributed by atoms with Gasteiger partial charge in [0.05, 0.1) is 5.41 Å². The van der Waals surface area contributed by atoms with Crippen molar-refractivity contribution in [3.05, 3.63) is 11.1 Å². The quantitative estimate of drug-likeness (QED) is 0.564. The van der Waals surface area contributed by atoms with E-state index in [2.05, 4.69) is 0 Å². The van der Waals surface area contributed by atoms with Crippen molar-refractivity contribution in [1.29, 1.82) is 0 Å². The molecule has 2 amide bonds. The predicted molar refractivity (Wildman–Crippen MR) is 65.3 cm³/mol. The van der Waals surface area contributed by atoms with E-state index >= 15 is 0 Å². The van der Waals surface area contributed by atoms with Crippen LogP contribution in [0.1, 0.15) is 41.0 Å². The molecule has 0 spiro atoms. The normalized spacial score (nSPS) is 16.6. The molecular formula is C13H19NO4. The van der Waals surface area contributed by atoms with Crippen molar-refractivity contribution in [1.82, 2.24) is 4.90 Å². The number of carbonyl (C=O) groups excluding carboxylic acids is 3. The lowest BCUT2D eigenvalue weighted by Crippen LogP contribution is -2.37. The molecule has 100 valence electrons. The summed E-state index contributed by atoms with van der Waals surface area (Å²) in [5, 5.41) is 0. The Kier molecular flexibility index (Phi) is 3.94. The monoisotopic (exact) mass is 253 g/mol. The smallest absolute Gasteiger partial charge is 0.313 e. The van der Waals surface area contributed by atoms with Crippen LogP contribution in [-0.2, 0) is 19.1 Å². The predicted octanol–water partition coefficient (Wildman–Crippen LogP) is 1.63. The van der Waals surface area contributed by atoms with E-state index < -0.39 is 11.4 Å². The fourth-order valence-corrected chi connectivity index (χ4v) is 1.40. The Hall–Kier alpha value is -1.65. The largest absolute Gasteiger partial charge is 0.443 e. The maximum absolute atomic E-state index is 11.7. The van der Waals surface area contributed by atoms with Gasteiger partial charge in [-0.2, -0.15) is 0 Å². The highest BCUT2D eigenvalue weighted by molar-refractivity contribution is 6.18. The maximum Gasteiger partial charge on any atom is 0.313 e. The van der Waals surface area contributed by atoms with Gasteiger partial charge in [-0.05, 0) is 34.1 Å². The first-order valence-electron chi connectivity index (χ1n) is 5.93. The molecule has 5 heteroatoms. The third-order valence-electron chi connectivity index (χ3n) is 3.46. The first-order chi connectivity index (χ1) is 8.22. The van der Waals surface area contributed by atoms with Gasteiger partial charge >= 0.3 is 5.97 Å². The third-order valence-corrected chi connectivity index (χ3v) is 3.46. The summed E-state index contributed by atoms with van der Waals surface area (Å²) in [6.07, 6.45) is 0.629. The van der Waals surface area contributed by atoms with Gasteiger partial charge in [-0.3, -0.25) is 14.4 Å². The molecular weight excluding hydrogens is 234 g/mol. The van der Waals surface area contributed by atoms with E-state index in [0.29, 0.717) is 17.6 Å².